The molecule has 6 nitrogen and oxygen atoms in total. The predicted molar refractivity (Wildman–Crippen MR) is 102 cm³/mol. The third-order valence-corrected chi connectivity index (χ3v) is 5.70. The van der Waals surface area contributed by atoms with Gasteiger partial charge in [-0.3, -0.25) is 4.99 Å². The van der Waals surface area contributed by atoms with Crippen LogP contribution in [0.3, 0.4) is 0 Å². The van der Waals surface area contributed by atoms with Gasteiger partial charge in [0.05, 0.1) is 6.26 Å². The van der Waals surface area contributed by atoms with Crippen LogP contribution in [0.4, 0.5) is 0 Å². The van der Waals surface area contributed by atoms with Gasteiger partial charge in [-0.2, -0.15) is 0 Å². The van der Waals surface area contributed by atoms with Crippen LogP contribution >= 0.6 is 0 Å². The maximum absolute atomic E-state index is 11.5. The van der Waals surface area contributed by atoms with Crippen LogP contribution in [0.15, 0.2) is 4.99 Å². The number of hydrogen-bond acceptors (Lipinski definition) is 3. The molecular formula is C17H36N4O2S. The lowest BCUT2D eigenvalue weighted by Crippen LogP contribution is -2.40. The topological polar surface area (TPSA) is 73.8 Å². The number of rotatable bonds is 9. The second-order valence-corrected chi connectivity index (χ2v) is 9.12. The Hall–Kier alpha value is -0.820. The SMILES string of the molecule is CCNC(=NCC1CCN(S(C)(=O)=O)CC1)NCCCCC(C)C. The van der Waals surface area contributed by atoms with Gasteiger partial charge in [0.15, 0.2) is 5.96 Å². The minimum Gasteiger partial charge on any atom is -0.357 e. The van der Waals surface area contributed by atoms with E-state index in [-0.39, 0.29) is 0 Å². The van der Waals surface area contributed by atoms with E-state index in [1.165, 1.54) is 19.1 Å². The molecule has 1 aliphatic rings. The fraction of sp³-hybridized carbons (Fsp3) is 0.941. The number of unbranched alkanes of at least 4 members (excludes halogenated alkanes) is 1. The maximum atomic E-state index is 11.5. The molecule has 24 heavy (non-hydrogen) atoms. The van der Waals surface area contributed by atoms with Crippen molar-refractivity contribution >= 4 is 16.0 Å². The van der Waals surface area contributed by atoms with Gasteiger partial charge in [-0.25, -0.2) is 12.7 Å². The highest BCUT2D eigenvalue weighted by Gasteiger charge is 2.24. The first-order valence-electron chi connectivity index (χ1n) is 9.30. The molecule has 0 aliphatic carbocycles. The van der Waals surface area contributed by atoms with Crippen molar-refractivity contribution in [1.29, 1.82) is 0 Å². The summed E-state index contributed by atoms with van der Waals surface area (Å²) in [6, 6.07) is 0. The lowest BCUT2D eigenvalue weighted by atomic mass is 9.98. The highest BCUT2D eigenvalue weighted by molar-refractivity contribution is 7.88. The van der Waals surface area contributed by atoms with E-state index in [1.54, 1.807) is 4.31 Å². The van der Waals surface area contributed by atoms with Gasteiger partial charge < -0.3 is 10.6 Å². The minimum atomic E-state index is -3.04. The average molecular weight is 361 g/mol. The molecule has 1 heterocycles. The number of aliphatic imine (C=N–C) groups is 1. The van der Waals surface area contributed by atoms with Gasteiger partial charge in [-0.15, -0.1) is 0 Å². The largest absolute Gasteiger partial charge is 0.357 e. The maximum Gasteiger partial charge on any atom is 0.211 e. The Morgan fingerprint density at radius 2 is 1.88 bits per heavy atom. The van der Waals surface area contributed by atoms with Gasteiger partial charge in [0.2, 0.25) is 10.0 Å². The Morgan fingerprint density at radius 1 is 1.21 bits per heavy atom. The molecule has 2 N–H and O–H groups in total. The molecule has 7 heteroatoms. The van der Waals surface area contributed by atoms with Crippen LogP contribution in [-0.4, -0.2) is 57.7 Å². The van der Waals surface area contributed by atoms with Gasteiger partial charge in [0.25, 0.3) is 0 Å². The number of sulfonamides is 1. The average Bonchev–Trinajstić information content (AvgIpc) is 2.51. The third kappa shape index (κ3) is 8.87. The zero-order chi connectivity index (χ0) is 18.0. The molecule has 0 atom stereocenters. The van der Waals surface area contributed by atoms with E-state index in [4.69, 9.17) is 0 Å². The van der Waals surface area contributed by atoms with Crippen LogP contribution in [0.5, 0.6) is 0 Å². The van der Waals surface area contributed by atoms with E-state index in [1.807, 2.05) is 0 Å². The molecule has 1 saturated heterocycles. The quantitative estimate of drug-likeness (QED) is 0.375. The number of guanidine groups is 1. The van der Waals surface area contributed by atoms with Crippen LogP contribution < -0.4 is 10.6 Å². The molecule has 1 rings (SSSR count). The third-order valence-electron chi connectivity index (χ3n) is 4.40. The van der Waals surface area contributed by atoms with Crippen molar-refractivity contribution in [2.75, 3.05) is 39.0 Å². The lowest BCUT2D eigenvalue weighted by molar-refractivity contribution is 0.280. The molecule has 0 unspecified atom stereocenters. The molecule has 142 valence electrons. The zero-order valence-electron chi connectivity index (χ0n) is 15.8. The van der Waals surface area contributed by atoms with E-state index < -0.39 is 10.0 Å². The minimum absolute atomic E-state index is 0.472. The highest BCUT2D eigenvalue weighted by Crippen LogP contribution is 2.19. The number of piperidine rings is 1. The molecule has 0 aromatic carbocycles. The Labute approximate surface area is 148 Å². The summed E-state index contributed by atoms with van der Waals surface area (Å²) in [5, 5.41) is 6.69. The summed E-state index contributed by atoms with van der Waals surface area (Å²) >= 11 is 0. The van der Waals surface area contributed by atoms with E-state index >= 15 is 0 Å². The highest BCUT2D eigenvalue weighted by atomic mass is 32.2. The van der Waals surface area contributed by atoms with Crippen molar-refractivity contribution in [3.63, 3.8) is 0 Å². The first-order chi connectivity index (χ1) is 11.3. The van der Waals surface area contributed by atoms with E-state index in [0.717, 1.165) is 50.8 Å². The molecule has 1 fully saturated rings. The van der Waals surface area contributed by atoms with Crippen LogP contribution in [0.2, 0.25) is 0 Å². The van der Waals surface area contributed by atoms with Gasteiger partial charge in [-0.05, 0) is 38.0 Å². The molecule has 0 aromatic heterocycles. The zero-order valence-corrected chi connectivity index (χ0v) is 16.7. The van der Waals surface area contributed by atoms with Gasteiger partial charge in [0.1, 0.15) is 0 Å². The molecule has 0 aromatic rings. The van der Waals surface area contributed by atoms with Crippen LogP contribution in [-0.2, 0) is 10.0 Å². The Kier molecular flexibility index (Phi) is 9.66. The lowest BCUT2D eigenvalue weighted by Gasteiger charge is -2.29. The summed E-state index contributed by atoms with van der Waals surface area (Å²) in [7, 11) is -3.04. The fourth-order valence-electron chi connectivity index (χ4n) is 2.87. The Morgan fingerprint density at radius 3 is 2.42 bits per heavy atom. The first-order valence-corrected chi connectivity index (χ1v) is 11.1. The van der Waals surface area contributed by atoms with Gasteiger partial charge >= 0.3 is 0 Å². The summed E-state index contributed by atoms with van der Waals surface area (Å²) in [4.78, 5) is 4.68. The fourth-order valence-corrected chi connectivity index (χ4v) is 3.74. The van der Waals surface area contributed by atoms with E-state index in [9.17, 15) is 8.42 Å². The van der Waals surface area contributed by atoms with Crippen molar-refractivity contribution in [2.24, 2.45) is 16.8 Å². The normalized spacial score (nSPS) is 18.1. The van der Waals surface area contributed by atoms with Crippen molar-refractivity contribution in [3.8, 4) is 0 Å². The number of hydrogen-bond donors (Lipinski definition) is 2. The molecular weight excluding hydrogens is 324 g/mol. The first kappa shape index (κ1) is 21.2. The molecule has 0 bridgehead atoms. The number of nitrogens with one attached hydrogen (secondary N) is 2. The smallest absolute Gasteiger partial charge is 0.211 e. The van der Waals surface area contributed by atoms with E-state index in [2.05, 4.69) is 36.4 Å². The van der Waals surface area contributed by atoms with Crippen LogP contribution in [0.1, 0.15) is 52.9 Å². The van der Waals surface area contributed by atoms with Gasteiger partial charge in [0, 0.05) is 32.7 Å². The summed E-state index contributed by atoms with van der Waals surface area (Å²) < 4.78 is 24.6. The standard InChI is InChI=1S/C17H36N4O2S/c1-5-18-17(19-11-7-6-8-15(2)3)20-14-16-9-12-21(13-10-16)24(4,22)23/h15-16H,5-14H2,1-4H3,(H2,18,19,20). The summed E-state index contributed by atoms with van der Waals surface area (Å²) in [6.07, 6.45) is 6.75. The molecule has 0 saturated carbocycles. The molecule has 0 spiro atoms. The molecule has 0 radical (unpaired) electrons. The van der Waals surface area contributed by atoms with Crippen molar-refractivity contribution in [1.82, 2.24) is 14.9 Å². The second-order valence-electron chi connectivity index (χ2n) is 7.14. The molecule has 0 amide bonds. The molecule has 1 aliphatic heterocycles. The van der Waals surface area contributed by atoms with Crippen LogP contribution in [0.25, 0.3) is 0 Å². The summed E-state index contributed by atoms with van der Waals surface area (Å²) in [5.74, 6) is 2.12. The number of nitrogens with zero attached hydrogens (tertiary/aromatic N) is 2. The Bertz CT molecular complexity index is 469. The van der Waals surface area contributed by atoms with Crippen molar-refractivity contribution in [2.45, 2.75) is 52.9 Å². The summed E-state index contributed by atoms with van der Waals surface area (Å²) in [6.45, 7) is 10.4. The predicted octanol–water partition coefficient (Wildman–Crippen LogP) is 2.04. The van der Waals surface area contributed by atoms with E-state index in [0.29, 0.717) is 19.0 Å². The Balaban J connectivity index is 2.32. The second kappa shape index (κ2) is 10.9. The van der Waals surface area contributed by atoms with Gasteiger partial charge in [-0.1, -0.05) is 26.7 Å². The van der Waals surface area contributed by atoms with Crippen molar-refractivity contribution < 1.29 is 8.42 Å². The summed E-state index contributed by atoms with van der Waals surface area (Å²) in [5.41, 5.74) is 0. The van der Waals surface area contributed by atoms with Crippen LogP contribution in [0, 0.1) is 11.8 Å². The van der Waals surface area contributed by atoms with Crippen molar-refractivity contribution in [3.05, 3.63) is 0 Å². The monoisotopic (exact) mass is 360 g/mol.